The maximum atomic E-state index is 10.5. The Morgan fingerprint density at radius 3 is 2.59 bits per heavy atom. The van der Waals surface area contributed by atoms with E-state index < -0.39 is 5.97 Å². The highest BCUT2D eigenvalue weighted by molar-refractivity contribution is 5.70. The zero-order valence-corrected chi connectivity index (χ0v) is 12.4. The molecule has 0 heterocycles. The van der Waals surface area contributed by atoms with Crippen LogP contribution in [0.3, 0.4) is 0 Å². The molecule has 1 N–H and O–H groups in total. The summed E-state index contributed by atoms with van der Waals surface area (Å²) >= 11 is 0. The summed E-state index contributed by atoms with van der Waals surface area (Å²) in [5, 5.41) is 8.64. The van der Waals surface area contributed by atoms with Crippen molar-refractivity contribution >= 4 is 12.0 Å². The third kappa shape index (κ3) is 4.66. The number of carboxylic acids is 1. The topological polar surface area (TPSA) is 55.8 Å². The van der Waals surface area contributed by atoms with Gasteiger partial charge in [0.15, 0.2) is 11.5 Å². The Balaban J connectivity index is 2.10. The summed E-state index contributed by atoms with van der Waals surface area (Å²) in [6.45, 7) is 0.444. The highest BCUT2D eigenvalue weighted by Crippen LogP contribution is 2.29. The second-order valence-electron chi connectivity index (χ2n) is 4.68. The Morgan fingerprint density at radius 1 is 1.14 bits per heavy atom. The van der Waals surface area contributed by atoms with Gasteiger partial charge >= 0.3 is 5.97 Å². The van der Waals surface area contributed by atoms with Crippen molar-refractivity contribution in [3.63, 3.8) is 0 Å². The molecule has 22 heavy (non-hydrogen) atoms. The van der Waals surface area contributed by atoms with Gasteiger partial charge in [0.05, 0.1) is 13.5 Å². The van der Waals surface area contributed by atoms with Crippen LogP contribution in [-0.4, -0.2) is 18.2 Å². The minimum absolute atomic E-state index is 0.00770. The van der Waals surface area contributed by atoms with Crippen LogP contribution in [0.25, 0.3) is 6.08 Å². The smallest absolute Gasteiger partial charge is 0.307 e. The van der Waals surface area contributed by atoms with Crippen molar-refractivity contribution in [3.8, 4) is 11.5 Å². The maximum Gasteiger partial charge on any atom is 0.307 e. The first kappa shape index (κ1) is 15.6. The zero-order chi connectivity index (χ0) is 15.8. The van der Waals surface area contributed by atoms with E-state index in [1.54, 1.807) is 25.3 Å². The highest BCUT2D eigenvalue weighted by Gasteiger charge is 2.05. The Morgan fingerprint density at radius 2 is 1.91 bits per heavy atom. The predicted molar refractivity (Wildman–Crippen MR) is 85.1 cm³/mol. The van der Waals surface area contributed by atoms with Gasteiger partial charge in [0.25, 0.3) is 0 Å². The summed E-state index contributed by atoms with van der Waals surface area (Å²) in [6.07, 6.45) is 3.35. The molecular formula is C18H18O4. The number of carboxylic acid groups (broad SMARTS) is 1. The number of hydrogen-bond donors (Lipinski definition) is 1. The molecular weight excluding hydrogens is 280 g/mol. The first-order chi connectivity index (χ1) is 10.7. The van der Waals surface area contributed by atoms with Crippen LogP contribution in [0.2, 0.25) is 0 Å². The standard InChI is InChI=1S/C18H18O4/c1-21-16-11-10-14(8-5-9-18(19)20)12-17(16)22-13-15-6-3-2-4-7-15/h2-8,10-12H,9,13H2,1H3,(H,19,20)/b8-5+. The third-order valence-corrected chi connectivity index (χ3v) is 3.03. The van der Waals surface area contributed by atoms with E-state index in [0.717, 1.165) is 11.1 Å². The molecule has 4 heteroatoms. The minimum atomic E-state index is -0.856. The SMILES string of the molecule is COc1ccc(/C=C/CC(=O)O)cc1OCc1ccccc1. The fraction of sp³-hybridized carbons (Fsp3) is 0.167. The van der Waals surface area contributed by atoms with Crippen molar-refractivity contribution in [3.05, 3.63) is 65.7 Å². The summed E-state index contributed by atoms with van der Waals surface area (Å²) in [7, 11) is 1.59. The zero-order valence-electron chi connectivity index (χ0n) is 12.4. The van der Waals surface area contributed by atoms with Crippen molar-refractivity contribution < 1.29 is 19.4 Å². The molecule has 0 radical (unpaired) electrons. The van der Waals surface area contributed by atoms with E-state index in [-0.39, 0.29) is 6.42 Å². The summed E-state index contributed by atoms with van der Waals surface area (Å²) in [5.74, 6) is 0.417. The Hall–Kier alpha value is -2.75. The second-order valence-corrected chi connectivity index (χ2v) is 4.68. The Kier molecular flexibility index (Phi) is 5.60. The lowest BCUT2D eigenvalue weighted by atomic mass is 10.1. The van der Waals surface area contributed by atoms with Gasteiger partial charge in [-0.1, -0.05) is 48.6 Å². The van der Waals surface area contributed by atoms with Crippen molar-refractivity contribution in [1.29, 1.82) is 0 Å². The molecule has 0 spiro atoms. The quantitative estimate of drug-likeness (QED) is 0.845. The molecule has 0 aliphatic carbocycles. The molecule has 0 fully saturated rings. The van der Waals surface area contributed by atoms with Gasteiger partial charge in [-0.2, -0.15) is 0 Å². The van der Waals surface area contributed by atoms with Crippen LogP contribution in [0.5, 0.6) is 11.5 Å². The van der Waals surface area contributed by atoms with E-state index in [9.17, 15) is 4.79 Å². The van der Waals surface area contributed by atoms with Crippen molar-refractivity contribution in [2.45, 2.75) is 13.0 Å². The predicted octanol–water partition coefficient (Wildman–Crippen LogP) is 3.76. The molecule has 2 aromatic rings. The van der Waals surface area contributed by atoms with E-state index in [4.69, 9.17) is 14.6 Å². The van der Waals surface area contributed by atoms with Crippen LogP contribution in [0.4, 0.5) is 0 Å². The van der Waals surface area contributed by atoms with Gasteiger partial charge in [0, 0.05) is 0 Å². The normalized spacial score (nSPS) is 10.6. The molecule has 0 aromatic heterocycles. The van der Waals surface area contributed by atoms with Gasteiger partial charge in [0.2, 0.25) is 0 Å². The van der Waals surface area contributed by atoms with Crippen LogP contribution in [0.15, 0.2) is 54.6 Å². The van der Waals surface area contributed by atoms with E-state index in [1.807, 2.05) is 42.5 Å². The molecule has 0 bridgehead atoms. The highest BCUT2D eigenvalue weighted by atomic mass is 16.5. The van der Waals surface area contributed by atoms with Gasteiger partial charge in [-0.15, -0.1) is 0 Å². The van der Waals surface area contributed by atoms with Crippen LogP contribution in [0, 0.1) is 0 Å². The van der Waals surface area contributed by atoms with E-state index in [1.165, 1.54) is 0 Å². The second kappa shape index (κ2) is 7.88. The number of benzene rings is 2. The fourth-order valence-electron chi connectivity index (χ4n) is 1.94. The first-order valence-corrected chi connectivity index (χ1v) is 6.92. The molecule has 0 aliphatic heterocycles. The molecule has 0 saturated carbocycles. The minimum Gasteiger partial charge on any atom is -0.493 e. The lowest BCUT2D eigenvalue weighted by Gasteiger charge is -2.11. The Bertz CT molecular complexity index is 647. The average Bonchev–Trinajstić information content (AvgIpc) is 2.54. The van der Waals surface area contributed by atoms with E-state index in [2.05, 4.69) is 0 Å². The largest absolute Gasteiger partial charge is 0.493 e. The molecule has 0 atom stereocenters. The number of methoxy groups -OCH3 is 1. The molecule has 2 aromatic carbocycles. The number of aliphatic carboxylic acids is 1. The summed E-state index contributed by atoms with van der Waals surface area (Å²) in [4.78, 5) is 10.5. The monoisotopic (exact) mass is 298 g/mol. The molecule has 114 valence electrons. The van der Waals surface area contributed by atoms with Crippen molar-refractivity contribution in [2.24, 2.45) is 0 Å². The lowest BCUT2D eigenvalue weighted by molar-refractivity contribution is -0.135. The average molecular weight is 298 g/mol. The summed E-state index contributed by atoms with van der Waals surface area (Å²) < 4.78 is 11.1. The van der Waals surface area contributed by atoms with Gasteiger partial charge in [0.1, 0.15) is 6.61 Å². The van der Waals surface area contributed by atoms with E-state index >= 15 is 0 Å². The summed E-state index contributed by atoms with van der Waals surface area (Å²) in [6, 6.07) is 15.3. The van der Waals surface area contributed by atoms with Gasteiger partial charge in [-0.25, -0.2) is 0 Å². The van der Waals surface area contributed by atoms with Crippen LogP contribution >= 0.6 is 0 Å². The fourth-order valence-corrected chi connectivity index (χ4v) is 1.94. The van der Waals surface area contributed by atoms with Crippen molar-refractivity contribution in [1.82, 2.24) is 0 Å². The van der Waals surface area contributed by atoms with E-state index in [0.29, 0.717) is 18.1 Å². The molecule has 2 rings (SSSR count). The Labute approximate surface area is 129 Å². The molecule has 4 nitrogen and oxygen atoms in total. The number of rotatable bonds is 7. The van der Waals surface area contributed by atoms with Gasteiger partial charge < -0.3 is 14.6 Å². The van der Waals surface area contributed by atoms with Crippen LogP contribution in [-0.2, 0) is 11.4 Å². The van der Waals surface area contributed by atoms with Gasteiger partial charge in [-0.3, -0.25) is 4.79 Å². The molecule has 0 unspecified atom stereocenters. The molecule has 0 amide bonds. The van der Waals surface area contributed by atoms with Gasteiger partial charge in [-0.05, 0) is 23.3 Å². The number of ether oxygens (including phenoxy) is 2. The van der Waals surface area contributed by atoms with Crippen molar-refractivity contribution in [2.75, 3.05) is 7.11 Å². The van der Waals surface area contributed by atoms with Crippen LogP contribution < -0.4 is 9.47 Å². The number of hydrogen-bond acceptors (Lipinski definition) is 3. The maximum absolute atomic E-state index is 10.5. The molecule has 0 saturated heterocycles. The molecule has 0 aliphatic rings. The van der Waals surface area contributed by atoms with Crippen LogP contribution in [0.1, 0.15) is 17.5 Å². The summed E-state index contributed by atoms with van der Waals surface area (Å²) in [5.41, 5.74) is 1.93. The lowest BCUT2D eigenvalue weighted by Crippen LogP contribution is -1.97. The number of carbonyl (C=O) groups is 1. The first-order valence-electron chi connectivity index (χ1n) is 6.92. The third-order valence-electron chi connectivity index (χ3n) is 3.03.